The molecular formula is C10H18N4OS. The van der Waals surface area contributed by atoms with Crippen LogP contribution in [0.4, 0.5) is 10.9 Å². The number of hydrogen-bond donors (Lipinski definition) is 2. The Morgan fingerprint density at radius 1 is 1.56 bits per heavy atom. The van der Waals surface area contributed by atoms with Crippen molar-refractivity contribution >= 4 is 28.2 Å². The zero-order valence-corrected chi connectivity index (χ0v) is 10.7. The molecule has 0 saturated carbocycles. The highest BCUT2D eigenvalue weighted by Gasteiger charge is 2.18. The Balaban J connectivity index is 2.80. The second-order valence-corrected chi connectivity index (χ2v) is 4.48. The van der Waals surface area contributed by atoms with Crippen molar-refractivity contribution in [3.05, 3.63) is 4.88 Å². The number of carbonyl (C=O) groups is 1. The first-order valence-corrected chi connectivity index (χ1v) is 6.17. The van der Waals surface area contributed by atoms with E-state index in [1.165, 1.54) is 11.3 Å². The summed E-state index contributed by atoms with van der Waals surface area (Å²) in [6, 6.07) is 0. The minimum Gasteiger partial charge on any atom is -0.382 e. The van der Waals surface area contributed by atoms with Gasteiger partial charge in [0.25, 0.3) is 5.91 Å². The summed E-state index contributed by atoms with van der Waals surface area (Å²) in [7, 11) is 1.75. The summed E-state index contributed by atoms with van der Waals surface area (Å²) >= 11 is 1.31. The van der Waals surface area contributed by atoms with Crippen LogP contribution >= 0.6 is 11.3 Å². The van der Waals surface area contributed by atoms with Crippen LogP contribution < -0.4 is 11.1 Å². The fourth-order valence-corrected chi connectivity index (χ4v) is 2.01. The third kappa shape index (κ3) is 2.85. The molecule has 5 nitrogen and oxygen atoms in total. The molecule has 0 atom stereocenters. The fraction of sp³-hybridized carbons (Fsp3) is 0.600. The van der Waals surface area contributed by atoms with Crippen molar-refractivity contribution in [3.63, 3.8) is 0 Å². The molecule has 0 fully saturated rings. The van der Waals surface area contributed by atoms with Crippen molar-refractivity contribution in [2.75, 3.05) is 31.2 Å². The molecule has 0 unspecified atom stereocenters. The lowest BCUT2D eigenvalue weighted by Gasteiger charge is -2.12. The highest BCUT2D eigenvalue weighted by molar-refractivity contribution is 7.18. The lowest BCUT2D eigenvalue weighted by Crippen LogP contribution is -2.26. The van der Waals surface area contributed by atoms with Crippen LogP contribution in [0.3, 0.4) is 0 Å². The van der Waals surface area contributed by atoms with E-state index < -0.39 is 0 Å². The zero-order valence-electron chi connectivity index (χ0n) is 9.91. The van der Waals surface area contributed by atoms with Crippen LogP contribution in [-0.2, 0) is 0 Å². The third-order valence-electron chi connectivity index (χ3n) is 2.19. The molecule has 1 rings (SSSR count). The average molecular weight is 242 g/mol. The van der Waals surface area contributed by atoms with E-state index in [1.54, 1.807) is 11.9 Å². The maximum atomic E-state index is 11.9. The molecule has 1 aromatic rings. The van der Waals surface area contributed by atoms with Crippen molar-refractivity contribution in [1.82, 2.24) is 9.88 Å². The van der Waals surface area contributed by atoms with Crippen LogP contribution in [0, 0.1) is 0 Å². The molecule has 16 heavy (non-hydrogen) atoms. The molecule has 3 N–H and O–H groups in total. The van der Waals surface area contributed by atoms with Crippen LogP contribution in [0.2, 0.25) is 0 Å². The summed E-state index contributed by atoms with van der Waals surface area (Å²) in [6.07, 6.45) is 1.01. The molecule has 6 heteroatoms. The van der Waals surface area contributed by atoms with Crippen LogP contribution in [0.1, 0.15) is 29.9 Å². The Morgan fingerprint density at radius 3 is 2.81 bits per heavy atom. The number of hydrogen-bond acceptors (Lipinski definition) is 5. The number of anilines is 2. The number of aromatic nitrogens is 1. The van der Waals surface area contributed by atoms with Crippen molar-refractivity contribution in [2.24, 2.45) is 0 Å². The van der Waals surface area contributed by atoms with Gasteiger partial charge in [-0.25, -0.2) is 4.98 Å². The van der Waals surface area contributed by atoms with Gasteiger partial charge in [-0.1, -0.05) is 18.3 Å². The summed E-state index contributed by atoms with van der Waals surface area (Å²) in [4.78, 5) is 18.1. The van der Waals surface area contributed by atoms with E-state index in [9.17, 15) is 4.79 Å². The second kappa shape index (κ2) is 5.69. The summed E-state index contributed by atoms with van der Waals surface area (Å²) in [6.45, 7) is 5.49. The van der Waals surface area contributed by atoms with E-state index in [4.69, 9.17) is 5.73 Å². The highest BCUT2D eigenvalue weighted by atomic mass is 32.1. The molecule has 1 aromatic heterocycles. The molecule has 1 amide bonds. The third-order valence-corrected chi connectivity index (χ3v) is 3.21. The van der Waals surface area contributed by atoms with Gasteiger partial charge in [0.1, 0.15) is 10.7 Å². The number of amides is 1. The van der Waals surface area contributed by atoms with E-state index in [1.807, 2.05) is 6.92 Å². The molecular weight excluding hydrogens is 224 g/mol. The van der Waals surface area contributed by atoms with E-state index in [0.29, 0.717) is 22.4 Å². The number of nitrogens with zero attached hydrogens (tertiary/aromatic N) is 2. The lowest BCUT2D eigenvalue weighted by molar-refractivity contribution is 0.0808. The number of nitrogen functional groups attached to an aromatic ring is 1. The van der Waals surface area contributed by atoms with Crippen molar-refractivity contribution in [1.29, 1.82) is 0 Å². The monoisotopic (exact) mass is 242 g/mol. The standard InChI is InChI=1S/C10H18N4OS/c1-4-6-12-10-13-8(11)7(16-10)9(15)14(3)5-2/h4-6,11H2,1-3H3,(H,12,13). The summed E-state index contributed by atoms with van der Waals surface area (Å²) in [5, 5.41) is 3.84. The van der Waals surface area contributed by atoms with E-state index in [-0.39, 0.29) is 5.91 Å². The molecule has 1 heterocycles. The topological polar surface area (TPSA) is 71.2 Å². The van der Waals surface area contributed by atoms with E-state index in [0.717, 1.165) is 13.0 Å². The number of thiazole rings is 1. The first-order valence-electron chi connectivity index (χ1n) is 5.35. The maximum absolute atomic E-state index is 11.9. The average Bonchev–Trinajstić information content (AvgIpc) is 2.65. The van der Waals surface area contributed by atoms with Gasteiger partial charge in [0, 0.05) is 20.1 Å². The highest BCUT2D eigenvalue weighted by Crippen LogP contribution is 2.25. The van der Waals surface area contributed by atoms with Gasteiger partial charge in [-0.15, -0.1) is 0 Å². The maximum Gasteiger partial charge on any atom is 0.267 e. The molecule has 0 radical (unpaired) electrons. The molecule has 90 valence electrons. The number of rotatable bonds is 5. The van der Waals surface area contributed by atoms with Crippen molar-refractivity contribution < 1.29 is 4.79 Å². The molecule has 0 spiro atoms. The number of nitrogens with one attached hydrogen (secondary N) is 1. The van der Waals surface area contributed by atoms with Gasteiger partial charge in [-0.3, -0.25) is 4.79 Å². The van der Waals surface area contributed by atoms with Gasteiger partial charge < -0.3 is 16.0 Å². The van der Waals surface area contributed by atoms with E-state index in [2.05, 4.69) is 17.2 Å². The van der Waals surface area contributed by atoms with Gasteiger partial charge in [0.05, 0.1) is 0 Å². The van der Waals surface area contributed by atoms with E-state index >= 15 is 0 Å². The lowest BCUT2D eigenvalue weighted by atomic mass is 10.4. The Labute approximate surface area is 99.7 Å². The Hall–Kier alpha value is -1.30. The first-order chi connectivity index (χ1) is 7.60. The SMILES string of the molecule is CCCNc1nc(N)c(C(=O)N(C)CC)s1. The van der Waals surface area contributed by atoms with Crippen LogP contribution in [0.25, 0.3) is 0 Å². The van der Waals surface area contributed by atoms with Crippen molar-refractivity contribution in [3.8, 4) is 0 Å². The quantitative estimate of drug-likeness (QED) is 0.823. The normalized spacial score (nSPS) is 10.2. The molecule has 0 bridgehead atoms. The van der Waals surface area contributed by atoms with Gasteiger partial charge in [-0.2, -0.15) is 0 Å². The Bertz CT molecular complexity index is 364. The molecule has 0 aliphatic rings. The number of carbonyl (C=O) groups excluding carboxylic acids is 1. The largest absolute Gasteiger partial charge is 0.382 e. The summed E-state index contributed by atoms with van der Waals surface area (Å²) in [5.74, 6) is 0.246. The smallest absolute Gasteiger partial charge is 0.267 e. The second-order valence-electron chi connectivity index (χ2n) is 3.48. The fourth-order valence-electron chi connectivity index (χ4n) is 1.11. The van der Waals surface area contributed by atoms with Crippen LogP contribution in [0.15, 0.2) is 0 Å². The molecule has 0 aliphatic heterocycles. The number of nitrogens with two attached hydrogens (primary N) is 1. The minimum atomic E-state index is -0.0675. The molecule has 0 saturated heterocycles. The zero-order chi connectivity index (χ0) is 12.1. The van der Waals surface area contributed by atoms with Gasteiger partial charge in [0.15, 0.2) is 5.13 Å². The van der Waals surface area contributed by atoms with Gasteiger partial charge >= 0.3 is 0 Å². The predicted octanol–water partition coefficient (Wildman–Crippen LogP) is 1.64. The summed E-state index contributed by atoms with van der Waals surface area (Å²) < 4.78 is 0. The predicted molar refractivity (Wildman–Crippen MR) is 67.9 cm³/mol. The summed E-state index contributed by atoms with van der Waals surface area (Å²) in [5.41, 5.74) is 5.72. The first kappa shape index (κ1) is 12.8. The Kier molecular flexibility index (Phi) is 4.54. The molecule has 0 aliphatic carbocycles. The van der Waals surface area contributed by atoms with Crippen LogP contribution in [0.5, 0.6) is 0 Å². The van der Waals surface area contributed by atoms with Crippen LogP contribution in [-0.4, -0.2) is 35.9 Å². The Morgan fingerprint density at radius 2 is 2.25 bits per heavy atom. The molecule has 0 aromatic carbocycles. The van der Waals surface area contributed by atoms with Gasteiger partial charge in [-0.05, 0) is 13.3 Å². The van der Waals surface area contributed by atoms with Crippen molar-refractivity contribution in [2.45, 2.75) is 20.3 Å². The van der Waals surface area contributed by atoms with Gasteiger partial charge in [0.2, 0.25) is 0 Å². The minimum absolute atomic E-state index is 0.0675.